The van der Waals surface area contributed by atoms with Gasteiger partial charge in [-0.25, -0.2) is 0 Å². The van der Waals surface area contributed by atoms with Gasteiger partial charge in [0.25, 0.3) is 0 Å². The molecule has 0 saturated heterocycles. The highest BCUT2D eigenvalue weighted by molar-refractivity contribution is 5.69. The van der Waals surface area contributed by atoms with Crippen LogP contribution in [0.1, 0.15) is 26.2 Å². The van der Waals surface area contributed by atoms with E-state index in [0.29, 0.717) is 18.3 Å². The van der Waals surface area contributed by atoms with Gasteiger partial charge in [-0.2, -0.15) is 0 Å². The van der Waals surface area contributed by atoms with Gasteiger partial charge in [-0.05, 0) is 31.6 Å². The van der Waals surface area contributed by atoms with E-state index in [0.717, 1.165) is 0 Å². The number of carbonyl (C=O) groups is 1. The number of nitrogens with two attached hydrogens (primary N) is 1. The number of rotatable bonds is 4. The Hall–Kier alpha value is -0.570. The first-order valence-corrected chi connectivity index (χ1v) is 4.47. The van der Waals surface area contributed by atoms with E-state index in [1.54, 1.807) is 0 Å². The number of hydrogen-bond donors (Lipinski definition) is 1. The summed E-state index contributed by atoms with van der Waals surface area (Å²) in [6.07, 6.45) is 2.94. The summed E-state index contributed by atoms with van der Waals surface area (Å²) in [5.41, 5.74) is 5.77. The number of esters is 1. The second kappa shape index (κ2) is 3.90. The van der Waals surface area contributed by atoms with Gasteiger partial charge in [0.2, 0.25) is 0 Å². The minimum Gasteiger partial charge on any atom is -0.469 e. The van der Waals surface area contributed by atoms with Crippen molar-refractivity contribution in [1.82, 2.24) is 0 Å². The molecule has 1 fully saturated rings. The number of methoxy groups -OCH3 is 1. The van der Waals surface area contributed by atoms with Gasteiger partial charge in [0.1, 0.15) is 0 Å². The summed E-state index contributed by atoms with van der Waals surface area (Å²) in [6, 6.07) is 0.108. The van der Waals surface area contributed by atoms with Gasteiger partial charge in [-0.3, -0.25) is 4.79 Å². The van der Waals surface area contributed by atoms with E-state index in [4.69, 9.17) is 5.73 Å². The Morgan fingerprint density at radius 2 is 2.25 bits per heavy atom. The molecule has 0 heterocycles. The Morgan fingerprint density at radius 1 is 1.67 bits per heavy atom. The molecule has 2 unspecified atom stereocenters. The van der Waals surface area contributed by atoms with E-state index in [2.05, 4.69) is 4.74 Å². The predicted molar refractivity (Wildman–Crippen MR) is 46.5 cm³/mol. The van der Waals surface area contributed by atoms with Crippen molar-refractivity contribution < 1.29 is 9.53 Å². The molecule has 0 spiro atoms. The van der Waals surface area contributed by atoms with Crippen LogP contribution in [0.2, 0.25) is 0 Å². The fraction of sp³-hybridized carbons (Fsp3) is 0.889. The molecule has 2 N–H and O–H groups in total. The zero-order chi connectivity index (χ0) is 9.14. The minimum atomic E-state index is -0.135. The van der Waals surface area contributed by atoms with Crippen molar-refractivity contribution in [2.75, 3.05) is 7.11 Å². The van der Waals surface area contributed by atoms with Crippen molar-refractivity contribution in [1.29, 1.82) is 0 Å². The molecule has 12 heavy (non-hydrogen) atoms. The van der Waals surface area contributed by atoms with E-state index in [1.807, 2.05) is 6.92 Å². The minimum absolute atomic E-state index is 0.108. The van der Waals surface area contributed by atoms with Crippen LogP contribution in [0.15, 0.2) is 0 Å². The van der Waals surface area contributed by atoms with Gasteiger partial charge in [0, 0.05) is 6.04 Å². The molecule has 1 aliphatic rings. The number of hydrogen-bond acceptors (Lipinski definition) is 3. The smallest absolute Gasteiger partial charge is 0.305 e. The first-order chi connectivity index (χ1) is 5.65. The molecule has 1 aliphatic carbocycles. The van der Waals surface area contributed by atoms with Crippen molar-refractivity contribution in [3.63, 3.8) is 0 Å². The molecular formula is C9H17NO2. The van der Waals surface area contributed by atoms with E-state index >= 15 is 0 Å². The highest BCUT2D eigenvalue weighted by Gasteiger charge is 2.34. The van der Waals surface area contributed by atoms with E-state index in [-0.39, 0.29) is 12.0 Å². The zero-order valence-electron chi connectivity index (χ0n) is 7.75. The van der Waals surface area contributed by atoms with Crippen molar-refractivity contribution >= 4 is 5.97 Å². The zero-order valence-corrected chi connectivity index (χ0v) is 7.75. The Morgan fingerprint density at radius 3 is 2.58 bits per heavy atom. The molecule has 3 nitrogen and oxygen atoms in total. The number of ether oxygens (including phenoxy) is 1. The molecule has 3 heteroatoms. The lowest BCUT2D eigenvalue weighted by Gasteiger charge is -2.18. The maximum absolute atomic E-state index is 11.0. The van der Waals surface area contributed by atoms with Crippen LogP contribution in [0, 0.1) is 11.8 Å². The van der Waals surface area contributed by atoms with Gasteiger partial charge in [-0.1, -0.05) is 0 Å². The number of carbonyl (C=O) groups excluding carboxylic acids is 1. The summed E-state index contributed by atoms with van der Waals surface area (Å²) in [4.78, 5) is 11.0. The van der Waals surface area contributed by atoms with Gasteiger partial charge < -0.3 is 10.5 Å². The summed E-state index contributed by atoms with van der Waals surface area (Å²) in [5.74, 6) is 0.866. The lowest BCUT2D eigenvalue weighted by Crippen LogP contribution is -2.30. The predicted octanol–water partition coefficient (Wildman–Crippen LogP) is 0.923. The maximum atomic E-state index is 11.0. The average molecular weight is 171 g/mol. The third-order valence-corrected chi connectivity index (χ3v) is 2.53. The molecule has 0 aromatic rings. The average Bonchev–Trinajstić information content (AvgIpc) is 2.81. The van der Waals surface area contributed by atoms with Gasteiger partial charge in [0.05, 0.1) is 13.5 Å². The van der Waals surface area contributed by atoms with Crippen molar-refractivity contribution in [2.45, 2.75) is 32.2 Å². The second-order valence-corrected chi connectivity index (χ2v) is 3.64. The molecule has 0 aliphatic heterocycles. The SMILES string of the molecule is COC(=O)CC(C(C)N)C1CC1. The summed E-state index contributed by atoms with van der Waals surface area (Å²) < 4.78 is 4.61. The highest BCUT2D eigenvalue weighted by Crippen LogP contribution is 2.39. The molecule has 0 aromatic heterocycles. The van der Waals surface area contributed by atoms with Crippen molar-refractivity contribution in [3.8, 4) is 0 Å². The lowest BCUT2D eigenvalue weighted by atomic mass is 9.93. The second-order valence-electron chi connectivity index (χ2n) is 3.64. The van der Waals surface area contributed by atoms with Crippen LogP contribution in [-0.4, -0.2) is 19.1 Å². The van der Waals surface area contributed by atoms with E-state index in [1.165, 1.54) is 20.0 Å². The Bertz CT molecular complexity index is 162. The molecular weight excluding hydrogens is 154 g/mol. The normalized spacial score (nSPS) is 21.6. The molecule has 1 rings (SSSR count). The van der Waals surface area contributed by atoms with Gasteiger partial charge in [-0.15, -0.1) is 0 Å². The molecule has 0 radical (unpaired) electrons. The van der Waals surface area contributed by atoms with Crippen LogP contribution in [0.4, 0.5) is 0 Å². The Balaban J connectivity index is 2.37. The third-order valence-electron chi connectivity index (χ3n) is 2.53. The van der Waals surface area contributed by atoms with Crippen LogP contribution in [0.5, 0.6) is 0 Å². The largest absolute Gasteiger partial charge is 0.469 e. The molecule has 70 valence electrons. The van der Waals surface area contributed by atoms with E-state index in [9.17, 15) is 4.79 Å². The monoisotopic (exact) mass is 171 g/mol. The maximum Gasteiger partial charge on any atom is 0.305 e. The van der Waals surface area contributed by atoms with Crippen LogP contribution >= 0.6 is 0 Å². The van der Waals surface area contributed by atoms with Crippen LogP contribution < -0.4 is 5.73 Å². The van der Waals surface area contributed by atoms with Crippen LogP contribution in [0.25, 0.3) is 0 Å². The molecule has 0 amide bonds. The molecule has 1 saturated carbocycles. The van der Waals surface area contributed by atoms with Gasteiger partial charge >= 0.3 is 5.97 Å². The summed E-state index contributed by atoms with van der Waals surface area (Å²) in [5, 5.41) is 0. The Kier molecular flexibility index (Phi) is 3.09. The van der Waals surface area contributed by atoms with E-state index < -0.39 is 0 Å². The topological polar surface area (TPSA) is 52.3 Å². The van der Waals surface area contributed by atoms with Crippen molar-refractivity contribution in [3.05, 3.63) is 0 Å². The fourth-order valence-electron chi connectivity index (χ4n) is 1.58. The molecule has 0 bridgehead atoms. The van der Waals surface area contributed by atoms with Crippen LogP contribution in [0.3, 0.4) is 0 Å². The summed E-state index contributed by atoms with van der Waals surface area (Å²) in [6.45, 7) is 1.96. The lowest BCUT2D eigenvalue weighted by molar-refractivity contribution is -0.142. The molecule has 2 atom stereocenters. The third kappa shape index (κ3) is 2.48. The van der Waals surface area contributed by atoms with Crippen LogP contribution in [-0.2, 0) is 9.53 Å². The Labute approximate surface area is 73.3 Å². The molecule has 0 aromatic carbocycles. The fourth-order valence-corrected chi connectivity index (χ4v) is 1.58. The first-order valence-electron chi connectivity index (χ1n) is 4.47. The summed E-state index contributed by atoms with van der Waals surface area (Å²) >= 11 is 0. The standard InChI is InChI=1S/C9H17NO2/c1-6(10)8(7-3-4-7)5-9(11)12-2/h6-8H,3-5,10H2,1-2H3. The first kappa shape index (κ1) is 9.52. The van der Waals surface area contributed by atoms with Gasteiger partial charge in [0.15, 0.2) is 0 Å². The van der Waals surface area contributed by atoms with Crippen molar-refractivity contribution in [2.24, 2.45) is 17.6 Å². The quantitative estimate of drug-likeness (QED) is 0.640. The highest BCUT2D eigenvalue weighted by atomic mass is 16.5. The summed E-state index contributed by atoms with van der Waals surface area (Å²) in [7, 11) is 1.42.